The van der Waals surface area contributed by atoms with Crippen molar-refractivity contribution in [2.45, 2.75) is 83.6 Å². The van der Waals surface area contributed by atoms with Crippen molar-refractivity contribution in [3.05, 3.63) is 0 Å². The molecule has 0 amide bonds. The SMILES string of the molecule is CCCCCCCCCCCCC(CO)N(CCO)CCO.O=S(=O)(O)O.OCCN(CCO)CCO. The predicted octanol–water partition coefficient (Wildman–Crippen LogP) is 0.557. The molecule has 0 fully saturated rings. The first-order valence-corrected chi connectivity index (χ1v) is 14.9. The van der Waals surface area contributed by atoms with Gasteiger partial charge in [0.1, 0.15) is 0 Å². The number of aliphatic hydroxyl groups excluding tert-OH is 6. The summed E-state index contributed by atoms with van der Waals surface area (Å²) in [6.45, 7) is 5.33. The third kappa shape index (κ3) is 37.8. The van der Waals surface area contributed by atoms with Gasteiger partial charge in [-0.3, -0.25) is 18.9 Å². The van der Waals surface area contributed by atoms with Crippen LogP contribution in [0.2, 0.25) is 0 Å². The molecule has 0 spiro atoms. The normalized spacial score (nSPS) is 12.2. The molecule has 0 saturated heterocycles. The average molecular weight is 565 g/mol. The molecule has 0 aromatic carbocycles. The van der Waals surface area contributed by atoms with Gasteiger partial charge in [0.15, 0.2) is 0 Å². The van der Waals surface area contributed by atoms with Crippen molar-refractivity contribution in [3.63, 3.8) is 0 Å². The van der Waals surface area contributed by atoms with E-state index in [-0.39, 0.29) is 45.7 Å². The third-order valence-electron chi connectivity index (χ3n) is 5.64. The number of rotatable bonds is 23. The molecule has 0 aliphatic heterocycles. The van der Waals surface area contributed by atoms with Gasteiger partial charge in [-0.25, -0.2) is 0 Å². The van der Waals surface area contributed by atoms with Crippen molar-refractivity contribution in [2.75, 3.05) is 72.4 Å². The number of hydrogen-bond acceptors (Lipinski definition) is 10. The van der Waals surface area contributed by atoms with Crippen molar-refractivity contribution in [2.24, 2.45) is 0 Å². The summed E-state index contributed by atoms with van der Waals surface area (Å²) in [6, 6.07) is 0.0772. The van der Waals surface area contributed by atoms with Crippen LogP contribution in [0.1, 0.15) is 77.6 Å². The topological polar surface area (TPSA) is 202 Å². The summed E-state index contributed by atoms with van der Waals surface area (Å²) in [5.41, 5.74) is 0. The van der Waals surface area contributed by atoms with E-state index in [1.807, 2.05) is 4.90 Å². The van der Waals surface area contributed by atoms with Crippen molar-refractivity contribution in [1.29, 1.82) is 0 Å². The van der Waals surface area contributed by atoms with E-state index in [2.05, 4.69) is 6.92 Å². The van der Waals surface area contributed by atoms with Crippen LogP contribution in [0, 0.1) is 0 Å². The lowest BCUT2D eigenvalue weighted by Gasteiger charge is -2.29. The molecule has 1 atom stereocenters. The van der Waals surface area contributed by atoms with Gasteiger partial charge in [0.2, 0.25) is 0 Å². The van der Waals surface area contributed by atoms with Gasteiger partial charge in [0, 0.05) is 38.8 Å². The van der Waals surface area contributed by atoms with Gasteiger partial charge in [-0.15, -0.1) is 0 Å². The van der Waals surface area contributed by atoms with Crippen LogP contribution in [0.25, 0.3) is 0 Å². The highest BCUT2D eigenvalue weighted by molar-refractivity contribution is 7.79. The molecule has 13 heteroatoms. The number of hydrogen-bond donors (Lipinski definition) is 8. The first-order valence-electron chi connectivity index (χ1n) is 13.5. The summed E-state index contributed by atoms with van der Waals surface area (Å²) in [4.78, 5) is 3.79. The van der Waals surface area contributed by atoms with Crippen LogP contribution in [-0.2, 0) is 10.4 Å². The van der Waals surface area contributed by atoms with Gasteiger partial charge in [-0.2, -0.15) is 8.42 Å². The van der Waals surface area contributed by atoms with E-state index in [9.17, 15) is 5.11 Å². The molecule has 0 bridgehead atoms. The highest BCUT2D eigenvalue weighted by atomic mass is 32.3. The Morgan fingerprint density at radius 2 is 0.892 bits per heavy atom. The largest absolute Gasteiger partial charge is 0.395 e. The average Bonchev–Trinajstić information content (AvgIpc) is 2.83. The molecule has 0 aromatic rings. The first-order chi connectivity index (χ1) is 17.6. The minimum atomic E-state index is -4.67. The van der Waals surface area contributed by atoms with E-state index in [1.165, 1.54) is 57.8 Å². The summed E-state index contributed by atoms with van der Waals surface area (Å²) < 4.78 is 31.6. The zero-order valence-corrected chi connectivity index (χ0v) is 23.6. The number of aliphatic hydroxyl groups is 6. The zero-order chi connectivity index (χ0) is 28.8. The molecule has 0 saturated carbocycles. The predicted molar refractivity (Wildman–Crippen MR) is 145 cm³/mol. The molecule has 0 aromatic heterocycles. The number of nitrogens with zero attached hydrogens (tertiary/aromatic N) is 2. The second-order valence-electron chi connectivity index (χ2n) is 8.75. The molecule has 228 valence electrons. The molecule has 0 rings (SSSR count). The van der Waals surface area contributed by atoms with Gasteiger partial charge in [-0.05, 0) is 6.42 Å². The molecule has 12 nitrogen and oxygen atoms in total. The van der Waals surface area contributed by atoms with E-state index < -0.39 is 10.4 Å². The fraction of sp³-hybridized carbons (Fsp3) is 1.00. The van der Waals surface area contributed by atoms with Crippen molar-refractivity contribution in [1.82, 2.24) is 9.80 Å². The molecule has 8 N–H and O–H groups in total. The van der Waals surface area contributed by atoms with Crippen LogP contribution in [-0.4, -0.2) is 136 Å². The number of unbranched alkanes of at least 4 members (excludes halogenated alkanes) is 9. The second-order valence-corrected chi connectivity index (χ2v) is 9.65. The Balaban J connectivity index is -0.000000632. The van der Waals surface area contributed by atoms with Crippen LogP contribution in [0.3, 0.4) is 0 Å². The zero-order valence-electron chi connectivity index (χ0n) is 22.8. The summed E-state index contributed by atoms with van der Waals surface area (Å²) in [6.07, 6.45) is 14.1. The summed E-state index contributed by atoms with van der Waals surface area (Å²) >= 11 is 0. The summed E-state index contributed by atoms with van der Waals surface area (Å²) in [7, 11) is -4.67. The maximum atomic E-state index is 9.49. The quantitative estimate of drug-likeness (QED) is 0.0633. The highest BCUT2D eigenvalue weighted by Gasteiger charge is 2.16. The maximum absolute atomic E-state index is 9.49. The van der Waals surface area contributed by atoms with E-state index in [1.54, 1.807) is 4.90 Å². The Morgan fingerprint density at radius 1 is 0.568 bits per heavy atom. The molecule has 0 aliphatic carbocycles. The molecule has 37 heavy (non-hydrogen) atoms. The van der Waals surface area contributed by atoms with Crippen LogP contribution < -0.4 is 0 Å². The van der Waals surface area contributed by atoms with Gasteiger partial charge < -0.3 is 30.6 Å². The van der Waals surface area contributed by atoms with Gasteiger partial charge in [0.05, 0.1) is 39.6 Å². The van der Waals surface area contributed by atoms with E-state index in [0.717, 1.165) is 12.8 Å². The Labute approximate surface area is 224 Å². The van der Waals surface area contributed by atoms with Crippen LogP contribution in [0.5, 0.6) is 0 Å². The Kier molecular flexibility index (Phi) is 35.2. The Morgan fingerprint density at radius 3 is 1.19 bits per heavy atom. The van der Waals surface area contributed by atoms with Crippen LogP contribution >= 0.6 is 0 Å². The van der Waals surface area contributed by atoms with Crippen molar-refractivity contribution < 1.29 is 48.2 Å². The third-order valence-corrected chi connectivity index (χ3v) is 5.64. The standard InChI is InChI=1S/C18H39NO3.C6H15NO3.H2O4S/c1-2-3-4-5-6-7-8-9-10-11-12-18(17-22)19(13-15-20)14-16-21;8-4-1-7(2-5-9)3-6-10;1-5(2,3)4/h18,20-22H,2-17H2,1H3;8-10H,1-6H2;(H2,1,2,3,4). The lowest BCUT2D eigenvalue weighted by molar-refractivity contribution is 0.0781. The van der Waals surface area contributed by atoms with Crippen LogP contribution in [0.4, 0.5) is 0 Å². The van der Waals surface area contributed by atoms with Gasteiger partial charge >= 0.3 is 10.4 Å². The Hall–Kier alpha value is -0.450. The fourth-order valence-electron chi connectivity index (χ4n) is 3.75. The summed E-state index contributed by atoms with van der Waals surface area (Å²) in [5.74, 6) is 0. The van der Waals surface area contributed by atoms with Crippen LogP contribution in [0.15, 0.2) is 0 Å². The van der Waals surface area contributed by atoms with E-state index >= 15 is 0 Å². The van der Waals surface area contributed by atoms with E-state index in [4.69, 9.17) is 43.1 Å². The monoisotopic (exact) mass is 564 g/mol. The first kappa shape index (κ1) is 41.0. The minimum Gasteiger partial charge on any atom is -0.395 e. The lowest BCUT2D eigenvalue weighted by Crippen LogP contribution is -2.41. The Bertz CT molecular complexity index is 501. The highest BCUT2D eigenvalue weighted by Crippen LogP contribution is 2.14. The lowest BCUT2D eigenvalue weighted by atomic mass is 10.0. The van der Waals surface area contributed by atoms with Crippen molar-refractivity contribution in [3.8, 4) is 0 Å². The molecule has 0 aliphatic rings. The van der Waals surface area contributed by atoms with Gasteiger partial charge in [-0.1, -0.05) is 71.1 Å². The molecular weight excluding hydrogens is 508 g/mol. The molecular formula is C24H56N2O10S. The molecule has 0 radical (unpaired) electrons. The minimum absolute atomic E-state index is 0.0694. The maximum Gasteiger partial charge on any atom is 0.394 e. The smallest absolute Gasteiger partial charge is 0.394 e. The fourth-order valence-corrected chi connectivity index (χ4v) is 3.75. The second kappa shape index (κ2) is 31.8. The van der Waals surface area contributed by atoms with E-state index in [0.29, 0.717) is 32.7 Å². The van der Waals surface area contributed by atoms with Gasteiger partial charge in [0.25, 0.3) is 0 Å². The van der Waals surface area contributed by atoms with Crippen molar-refractivity contribution >= 4 is 10.4 Å². The molecule has 0 heterocycles. The molecule has 1 unspecified atom stereocenters. The summed E-state index contributed by atoms with van der Waals surface area (Å²) in [5, 5.41) is 53.0.